The number of nitrogens with one attached hydrogen (secondary N) is 1. The Morgan fingerprint density at radius 1 is 1.50 bits per heavy atom. The molecular weight excluding hydrogens is 212 g/mol. The van der Waals surface area contributed by atoms with Gasteiger partial charge in [0.05, 0.1) is 18.8 Å². The lowest BCUT2D eigenvalue weighted by molar-refractivity contribution is -0.148. The Morgan fingerprint density at radius 2 is 2.06 bits per heavy atom. The van der Waals surface area contributed by atoms with E-state index in [1.165, 1.54) is 0 Å². The van der Waals surface area contributed by atoms with Gasteiger partial charge in [-0.05, 0) is 20.3 Å². The lowest BCUT2D eigenvalue weighted by atomic mass is 10.00. The van der Waals surface area contributed by atoms with Crippen LogP contribution in [0.3, 0.4) is 0 Å². The Morgan fingerprint density at radius 3 is 2.44 bits per heavy atom. The third-order valence-corrected chi connectivity index (χ3v) is 2.38. The number of ether oxygens (including phenoxy) is 1. The maximum Gasteiger partial charge on any atom is 0.332 e. The maximum absolute atomic E-state index is 11.5. The average molecular weight is 232 g/mol. The molecule has 0 spiro atoms. The highest BCUT2D eigenvalue weighted by Crippen LogP contribution is 2.07. The lowest BCUT2D eigenvalue weighted by Crippen LogP contribution is -2.56. The van der Waals surface area contributed by atoms with E-state index in [-0.39, 0.29) is 13.2 Å². The van der Waals surface area contributed by atoms with Crippen molar-refractivity contribution in [1.29, 1.82) is 0 Å². The van der Waals surface area contributed by atoms with Gasteiger partial charge in [0, 0.05) is 0 Å². The van der Waals surface area contributed by atoms with Crippen molar-refractivity contribution < 1.29 is 19.4 Å². The summed E-state index contributed by atoms with van der Waals surface area (Å²) in [5.74, 6) is -1.41. The van der Waals surface area contributed by atoms with Crippen LogP contribution in [-0.4, -0.2) is 41.8 Å². The molecule has 2 unspecified atom stereocenters. The van der Waals surface area contributed by atoms with E-state index in [1.807, 2.05) is 6.92 Å². The van der Waals surface area contributed by atoms with E-state index in [2.05, 4.69) is 10.1 Å². The quantitative estimate of drug-likeness (QED) is 0.409. The van der Waals surface area contributed by atoms with Gasteiger partial charge in [0.25, 0.3) is 0 Å². The zero-order valence-corrected chi connectivity index (χ0v) is 9.95. The molecule has 0 aromatic heterocycles. The van der Waals surface area contributed by atoms with E-state index in [0.717, 1.165) is 0 Å². The predicted molar refractivity (Wildman–Crippen MR) is 58.5 cm³/mol. The molecule has 0 aliphatic heterocycles. The van der Waals surface area contributed by atoms with Gasteiger partial charge in [0.1, 0.15) is 0 Å². The molecule has 16 heavy (non-hydrogen) atoms. The molecule has 0 aliphatic rings. The minimum atomic E-state index is -1.35. The van der Waals surface area contributed by atoms with Crippen molar-refractivity contribution in [2.75, 3.05) is 13.2 Å². The van der Waals surface area contributed by atoms with Crippen LogP contribution in [0.5, 0.6) is 0 Å². The van der Waals surface area contributed by atoms with Gasteiger partial charge in [0.15, 0.2) is 6.04 Å². The monoisotopic (exact) mass is 232 g/mol. The molecule has 0 fully saturated rings. The third kappa shape index (κ3) is 4.16. The van der Waals surface area contributed by atoms with Gasteiger partial charge in [-0.2, -0.15) is 0 Å². The van der Waals surface area contributed by atoms with Gasteiger partial charge in [-0.1, -0.05) is 6.92 Å². The van der Waals surface area contributed by atoms with Crippen LogP contribution in [-0.2, 0) is 14.3 Å². The van der Waals surface area contributed by atoms with Crippen LogP contribution in [0.4, 0.5) is 0 Å². The topological polar surface area (TPSA) is 102 Å². The normalized spacial score (nSPS) is 16.1. The van der Waals surface area contributed by atoms with Crippen molar-refractivity contribution in [1.82, 2.24) is 5.32 Å². The molecule has 4 N–H and O–H groups in total. The fraction of sp³-hybridized carbons (Fsp3) is 0.800. The van der Waals surface area contributed by atoms with E-state index in [0.29, 0.717) is 6.42 Å². The van der Waals surface area contributed by atoms with Gasteiger partial charge in [-0.25, -0.2) is 4.79 Å². The summed E-state index contributed by atoms with van der Waals surface area (Å²) < 4.78 is 4.62. The highest BCUT2D eigenvalue weighted by atomic mass is 16.5. The highest BCUT2D eigenvalue weighted by molar-refractivity contribution is 6.01. The fourth-order valence-electron chi connectivity index (χ4n) is 0.954. The first-order valence-electron chi connectivity index (χ1n) is 5.25. The summed E-state index contributed by atoms with van der Waals surface area (Å²) in [6.45, 7) is 5.07. The standard InChI is InChI=1S/C10H20N2O4/c1-4-10(3,6-13)12-8(14)7(11)9(15)16-5-2/h7,13H,4-6,11H2,1-3H3,(H,12,14). The van der Waals surface area contributed by atoms with Crippen LogP contribution in [0.15, 0.2) is 0 Å². The van der Waals surface area contributed by atoms with Crippen molar-refractivity contribution >= 4 is 11.9 Å². The summed E-state index contributed by atoms with van der Waals surface area (Å²) >= 11 is 0. The summed E-state index contributed by atoms with van der Waals surface area (Å²) in [6.07, 6.45) is 0.533. The van der Waals surface area contributed by atoms with E-state index in [1.54, 1.807) is 13.8 Å². The molecule has 0 bridgehead atoms. The van der Waals surface area contributed by atoms with Crippen LogP contribution >= 0.6 is 0 Å². The molecule has 6 nitrogen and oxygen atoms in total. The van der Waals surface area contributed by atoms with E-state index in [4.69, 9.17) is 10.8 Å². The van der Waals surface area contributed by atoms with Crippen LogP contribution < -0.4 is 11.1 Å². The van der Waals surface area contributed by atoms with E-state index >= 15 is 0 Å². The number of aliphatic hydroxyl groups is 1. The van der Waals surface area contributed by atoms with Crippen molar-refractivity contribution in [3.05, 3.63) is 0 Å². The SMILES string of the molecule is CCOC(=O)C(N)C(=O)NC(C)(CC)CO. The van der Waals surface area contributed by atoms with Crippen molar-refractivity contribution in [3.8, 4) is 0 Å². The Hall–Kier alpha value is -1.14. The number of aliphatic hydroxyl groups excluding tert-OH is 1. The van der Waals surface area contributed by atoms with Gasteiger partial charge < -0.3 is 20.9 Å². The molecule has 0 radical (unpaired) electrons. The zero-order chi connectivity index (χ0) is 12.8. The molecule has 6 heteroatoms. The first-order valence-corrected chi connectivity index (χ1v) is 5.25. The van der Waals surface area contributed by atoms with Crippen molar-refractivity contribution in [2.45, 2.75) is 38.8 Å². The Balaban J connectivity index is 4.40. The summed E-state index contributed by atoms with van der Waals surface area (Å²) in [5.41, 5.74) is 4.63. The van der Waals surface area contributed by atoms with E-state index < -0.39 is 23.5 Å². The Kier molecular flexibility index (Phi) is 5.98. The predicted octanol–water partition coefficient (Wildman–Crippen LogP) is -0.846. The number of hydrogen-bond donors (Lipinski definition) is 3. The fourth-order valence-corrected chi connectivity index (χ4v) is 0.954. The molecule has 1 amide bonds. The third-order valence-electron chi connectivity index (χ3n) is 2.38. The zero-order valence-electron chi connectivity index (χ0n) is 9.95. The minimum Gasteiger partial charge on any atom is -0.464 e. The number of nitrogens with two attached hydrogens (primary N) is 1. The lowest BCUT2D eigenvalue weighted by Gasteiger charge is -2.28. The second-order valence-electron chi connectivity index (χ2n) is 3.79. The molecule has 0 heterocycles. The summed E-state index contributed by atoms with van der Waals surface area (Å²) in [6, 6.07) is -1.35. The molecule has 2 atom stereocenters. The van der Waals surface area contributed by atoms with Crippen LogP contribution in [0.1, 0.15) is 27.2 Å². The second-order valence-corrected chi connectivity index (χ2v) is 3.79. The number of carbonyl (C=O) groups is 2. The average Bonchev–Trinajstić information content (AvgIpc) is 2.28. The van der Waals surface area contributed by atoms with Crippen molar-refractivity contribution in [2.24, 2.45) is 5.73 Å². The van der Waals surface area contributed by atoms with Crippen LogP contribution in [0, 0.1) is 0 Å². The van der Waals surface area contributed by atoms with Crippen molar-refractivity contribution in [3.63, 3.8) is 0 Å². The molecule has 0 rings (SSSR count). The first-order chi connectivity index (χ1) is 7.40. The number of esters is 1. The number of carbonyl (C=O) groups excluding carboxylic acids is 2. The molecule has 0 saturated carbocycles. The maximum atomic E-state index is 11.5. The highest BCUT2D eigenvalue weighted by Gasteiger charge is 2.30. The Bertz CT molecular complexity index is 251. The molecule has 0 aromatic carbocycles. The van der Waals surface area contributed by atoms with Gasteiger partial charge in [-0.15, -0.1) is 0 Å². The molecular formula is C10H20N2O4. The van der Waals surface area contributed by atoms with Gasteiger partial charge >= 0.3 is 5.97 Å². The smallest absolute Gasteiger partial charge is 0.332 e. The second kappa shape index (κ2) is 6.44. The molecule has 94 valence electrons. The number of hydrogen-bond acceptors (Lipinski definition) is 5. The van der Waals surface area contributed by atoms with E-state index in [9.17, 15) is 9.59 Å². The first kappa shape index (κ1) is 14.9. The van der Waals surface area contributed by atoms with Crippen LogP contribution in [0.25, 0.3) is 0 Å². The largest absolute Gasteiger partial charge is 0.464 e. The van der Waals surface area contributed by atoms with Crippen LogP contribution in [0.2, 0.25) is 0 Å². The summed E-state index contributed by atoms with van der Waals surface area (Å²) in [5, 5.41) is 11.6. The molecule has 0 aromatic rings. The van der Waals surface area contributed by atoms with Gasteiger partial charge in [0.2, 0.25) is 5.91 Å². The number of rotatable bonds is 6. The Labute approximate surface area is 95.1 Å². The summed E-state index contributed by atoms with van der Waals surface area (Å²) in [4.78, 5) is 22.7. The number of amides is 1. The summed E-state index contributed by atoms with van der Waals surface area (Å²) in [7, 11) is 0. The molecule has 0 saturated heterocycles. The minimum absolute atomic E-state index is 0.171. The van der Waals surface area contributed by atoms with Gasteiger partial charge in [-0.3, -0.25) is 4.79 Å². The molecule has 0 aliphatic carbocycles.